The molecule has 2 heterocycles. The number of rotatable bonds is 8. The fourth-order valence-corrected chi connectivity index (χ4v) is 3.54. The van der Waals surface area contributed by atoms with Crippen LogP contribution in [0.4, 0.5) is 10.8 Å². The zero-order valence-electron chi connectivity index (χ0n) is 13.9. The van der Waals surface area contributed by atoms with E-state index in [0.717, 1.165) is 17.0 Å². The van der Waals surface area contributed by atoms with E-state index in [1.807, 2.05) is 29.8 Å². The Morgan fingerprint density at radius 2 is 2.27 bits per heavy atom. The van der Waals surface area contributed by atoms with E-state index in [9.17, 15) is 10.1 Å². The number of hydrogen-bond donors (Lipinski definition) is 1. The summed E-state index contributed by atoms with van der Waals surface area (Å²) in [5.74, 6) is 0.266. The summed E-state index contributed by atoms with van der Waals surface area (Å²) in [6.45, 7) is 2.38. The molecule has 7 nitrogen and oxygen atoms in total. The lowest BCUT2D eigenvalue weighted by atomic mass is 10.2. The highest BCUT2D eigenvalue weighted by Gasteiger charge is 2.15. The summed E-state index contributed by atoms with van der Waals surface area (Å²) in [4.78, 5) is 16.3. The van der Waals surface area contributed by atoms with Gasteiger partial charge in [0.25, 0.3) is 0 Å². The molecule has 26 heavy (non-hydrogen) atoms. The molecule has 0 amide bonds. The van der Waals surface area contributed by atoms with Crippen LogP contribution in [0.5, 0.6) is 5.75 Å². The van der Waals surface area contributed by atoms with Crippen molar-refractivity contribution in [2.75, 3.05) is 12.0 Å². The van der Waals surface area contributed by atoms with Gasteiger partial charge in [0, 0.05) is 17.0 Å². The first kappa shape index (κ1) is 18.0. The van der Waals surface area contributed by atoms with Gasteiger partial charge in [-0.2, -0.15) is 5.10 Å². The van der Waals surface area contributed by atoms with Crippen LogP contribution in [-0.2, 0) is 0 Å². The van der Waals surface area contributed by atoms with Crippen molar-refractivity contribution >= 4 is 39.7 Å². The zero-order chi connectivity index (χ0) is 18.4. The van der Waals surface area contributed by atoms with Crippen LogP contribution < -0.4 is 10.2 Å². The van der Waals surface area contributed by atoms with Crippen molar-refractivity contribution in [1.29, 1.82) is 0 Å². The molecule has 0 aliphatic rings. The van der Waals surface area contributed by atoms with E-state index in [1.54, 1.807) is 23.5 Å². The van der Waals surface area contributed by atoms with Crippen LogP contribution in [0.15, 0.2) is 46.2 Å². The molecule has 0 unspecified atom stereocenters. The third-order valence-electron chi connectivity index (χ3n) is 3.29. The summed E-state index contributed by atoms with van der Waals surface area (Å²) in [5, 5.41) is 19.9. The topological polar surface area (TPSA) is 89.7 Å². The van der Waals surface area contributed by atoms with Crippen molar-refractivity contribution in [3.63, 3.8) is 0 Å². The van der Waals surface area contributed by atoms with Gasteiger partial charge in [-0.3, -0.25) is 15.5 Å². The highest BCUT2D eigenvalue weighted by molar-refractivity contribution is 7.15. The van der Waals surface area contributed by atoms with Crippen LogP contribution in [0.2, 0.25) is 0 Å². The number of benzene rings is 1. The van der Waals surface area contributed by atoms with E-state index in [4.69, 9.17) is 4.74 Å². The maximum Gasteiger partial charge on any atom is 0.311 e. The number of nitrogens with zero attached hydrogens (tertiary/aromatic N) is 3. The van der Waals surface area contributed by atoms with E-state index in [1.165, 1.54) is 23.6 Å². The van der Waals surface area contributed by atoms with Crippen molar-refractivity contribution in [2.45, 2.75) is 13.3 Å². The van der Waals surface area contributed by atoms with E-state index in [0.29, 0.717) is 17.3 Å². The average Bonchev–Trinajstić information content (AvgIpc) is 3.32. The molecule has 0 aliphatic carbocycles. The molecular formula is C17H16N4O3S2. The lowest BCUT2D eigenvalue weighted by Crippen LogP contribution is -2.00. The molecule has 0 atom stereocenters. The van der Waals surface area contributed by atoms with Crippen molar-refractivity contribution in [3.8, 4) is 16.3 Å². The maximum absolute atomic E-state index is 11.2. The Morgan fingerprint density at radius 1 is 1.38 bits per heavy atom. The molecule has 134 valence electrons. The first-order chi connectivity index (χ1) is 12.7. The third-order valence-corrected chi connectivity index (χ3v) is 4.93. The number of hydrogen-bond acceptors (Lipinski definition) is 8. The second kappa shape index (κ2) is 8.54. The molecule has 0 fully saturated rings. The average molecular weight is 388 g/mol. The minimum Gasteiger partial charge on any atom is -0.487 e. The Balaban J connectivity index is 1.68. The maximum atomic E-state index is 11.2. The summed E-state index contributed by atoms with van der Waals surface area (Å²) in [7, 11) is 0. The predicted octanol–water partition coefficient (Wildman–Crippen LogP) is 5.01. The van der Waals surface area contributed by atoms with Gasteiger partial charge in [0.05, 0.1) is 28.3 Å². The van der Waals surface area contributed by atoms with Gasteiger partial charge in [-0.25, -0.2) is 4.98 Å². The van der Waals surface area contributed by atoms with Crippen LogP contribution in [0.25, 0.3) is 10.6 Å². The van der Waals surface area contributed by atoms with Gasteiger partial charge in [-0.05, 0) is 30.0 Å². The van der Waals surface area contributed by atoms with Gasteiger partial charge in [-0.15, -0.1) is 22.7 Å². The summed E-state index contributed by atoms with van der Waals surface area (Å²) < 4.78 is 5.41. The van der Waals surface area contributed by atoms with Gasteiger partial charge in [-0.1, -0.05) is 13.0 Å². The summed E-state index contributed by atoms with van der Waals surface area (Å²) >= 11 is 3.07. The van der Waals surface area contributed by atoms with Crippen LogP contribution in [-0.4, -0.2) is 22.7 Å². The highest BCUT2D eigenvalue weighted by Crippen LogP contribution is 2.29. The lowest BCUT2D eigenvalue weighted by molar-refractivity contribution is -0.385. The monoisotopic (exact) mass is 388 g/mol. The Hall–Kier alpha value is -2.78. The second-order valence-electron chi connectivity index (χ2n) is 5.22. The normalized spacial score (nSPS) is 11.0. The van der Waals surface area contributed by atoms with Crippen LogP contribution in [0.3, 0.4) is 0 Å². The molecule has 0 saturated carbocycles. The minimum atomic E-state index is -0.454. The van der Waals surface area contributed by atoms with Crippen molar-refractivity contribution in [1.82, 2.24) is 4.98 Å². The fourth-order valence-electron chi connectivity index (χ4n) is 2.12. The molecule has 1 aromatic carbocycles. The quantitative estimate of drug-likeness (QED) is 0.333. The smallest absolute Gasteiger partial charge is 0.311 e. The lowest BCUT2D eigenvalue weighted by Gasteiger charge is -2.05. The molecular weight excluding hydrogens is 372 g/mol. The number of nitrogens with one attached hydrogen (secondary N) is 1. The van der Waals surface area contributed by atoms with Crippen molar-refractivity contribution in [3.05, 3.63) is 56.8 Å². The number of anilines is 1. The number of nitro groups is 1. The molecule has 1 N–H and O–H groups in total. The number of nitro benzene ring substituents is 1. The summed E-state index contributed by atoms with van der Waals surface area (Å²) in [6.07, 6.45) is 2.30. The first-order valence-electron chi connectivity index (χ1n) is 7.87. The molecule has 0 saturated heterocycles. The van der Waals surface area contributed by atoms with Crippen molar-refractivity contribution < 1.29 is 9.66 Å². The molecule has 0 aliphatic heterocycles. The molecule has 3 rings (SSSR count). The van der Waals surface area contributed by atoms with Gasteiger partial charge in [0.2, 0.25) is 5.13 Å². The van der Waals surface area contributed by atoms with Crippen LogP contribution >= 0.6 is 22.7 Å². The molecule has 2 aromatic heterocycles. The number of thiazole rings is 1. The minimum absolute atomic E-state index is 0.0726. The van der Waals surface area contributed by atoms with E-state index >= 15 is 0 Å². The standard InChI is InChI=1S/C17H16N4O3S2/c1-2-7-24-15-6-5-12(9-14(15)21(22)23)10-18-20-17-19-13(11-26-17)16-4-3-8-25-16/h3-6,8-11H,2,7H2,1H3,(H,19,20)/b18-10-. The van der Waals surface area contributed by atoms with E-state index < -0.39 is 4.92 Å². The van der Waals surface area contributed by atoms with Crippen molar-refractivity contribution in [2.24, 2.45) is 5.10 Å². The second-order valence-corrected chi connectivity index (χ2v) is 7.02. The highest BCUT2D eigenvalue weighted by atomic mass is 32.1. The van der Waals surface area contributed by atoms with E-state index in [-0.39, 0.29) is 11.4 Å². The van der Waals surface area contributed by atoms with Gasteiger partial charge in [0.15, 0.2) is 5.75 Å². The zero-order valence-corrected chi connectivity index (χ0v) is 15.5. The summed E-state index contributed by atoms with van der Waals surface area (Å²) in [6, 6.07) is 8.74. The predicted molar refractivity (Wildman–Crippen MR) is 106 cm³/mol. The fraction of sp³-hybridized carbons (Fsp3) is 0.176. The first-order valence-corrected chi connectivity index (χ1v) is 9.63. The van der Waals surface area contributed by atoms with Gasteiger partial charge < -0.3 is 4.74 Å². The third kappa shape index (κ3) is 4.44. The Kier molecular flexibility index (Phi) is 5.92. The largest absolute Gasteiger partial charge is 0.487 e. The number of thiophene rings is 1. The van der Waals surface area contributed by atoms with Crippen LogP contribution in [0.1, 0.15) is 18.9 Å². The molecule has 0 bridgehead atoms. The van der Waals surface area contributed by atoms with Gasteiger partial charge in [0.1, 0.15) is 0 Å². The number of aromatic nitrogens is 1. The Bertz CT molecular complexity index is 907. The van der Waals surface area contributed by atoms with E-state index in [2.05, 4.69) is 15.5 Å². The number of hydrazone groups is 1. The molecule has 9 heteroatoms. The Labute approximate surface area is 158 Å². The SMILES string of the molecule is CCCOc1ccc(/C=N\Nc2nc(-c3cccs3)cs2)cc1[N+](=O)[O-]. The molecule has 0 radical (unpaired) electrons. The Morgan fingerprint density at radius 3 is 3.00 bits per heavy atom. The molecule has 0 spiro atoms. The van der Waals surface area contributed by atoms with Gasteiger partial charge >= 0.3 is 5.69 Å². The summed E-state index contributed by atoms with van der Waals surface area (Å²) in [5.41, 5.74) is 4.28. The van der Waals surface area contributed by atoms with Crippen LogP contribution in [0, 0.1) is 10.1 Å². The number of ether oxygens (including phenoxy) is 1. The molecule has 3 aromatic rings.